The molecule has 1 amide bonds. The zero-order chi connectivity index (χ0) is 12.0. The standard InChI is InChI=1S/C13H25NO2/c1-10-5-7-12(8-6-10)13(16)14-11(2)4-3-9-15/h10-12,15H,3-9H2,1-2H3,(H,14,16). The maximum Gasteiger partial charge on any atom is 0.223 e. The van der Waals surface area contributed by atoms with Crippen molar-refractivity contribution in [3.05, 3.63) is 0 Å². The van der Waals surface area contributed by atoms with E-state index in [9.17, 15) is 4.79 Å². The first-order valence-corrected chi connectivity index (χ1v) is 6.54. The Hall–Kier alpha value is -0.570. The van der Waals surface area contributed by atoms with Crippen LogP contribution in [0.4, 0.5) is 0 Å². The van der Waals surface area contributed by atoms with Gasteiger partial charge in [-0.05, 0) is 51.4 Å². The summed E-state index contributed by atoms with van der Waals surface area (Å²) < 4.78 is 0. The number of nitrogens with one attached hydrogen (secondary N) is 1. The normalized spacial score (nSPS) is 27.4. The monoisotopic (exact) mass is 227 g/mol. The van der Waals surface area contributed by atoms with E-state index in [1.165, 1.54) is 12.8 Å². The van der Waals surface area contributed by atoms with Crippen LogP contribution in [0.2, 0.25) is 0 Å². The van der Waals surface area contributed by atoms with E-state index in [2.05, 4.69) is 12.2 Å². The third-order valence-electron chi connectivity index (χ3n) is 3.57. The molecule has 3 nitrogen and oxygen atoms in total. The molecule has 0 radical (unpaired) electrons. The van der Waals surface area contributed by atoms with Gasteiger partial charge >= 0.3 is 0 Å². The Morgan fingerprint density at radius 3 is 2.56 bits per heavy atom. The summed E-state index contributed by atoms with van der Waals surface area (Å²) in [4.78, 5) is 11.9. The molecule has 1 aliphatic rings. The van der Waals surface area contributed by atoms with E-state index >= 15 is 0 Å². The molecule has 0 bridgehead atoms. The van der Waals surface area contributed by atoms with Crippen LogP contribution >= 0.6 is 0 Å². The van der Waals surface area contributed by atoms with Gasteiger partial charge in [0.15, 0.2) is 0 Å². The Balaban J connectivity index is 2.23. The van der Waals surface area contributed by atoms with Gasteiger partial charge in [0.25, 0.3) is 0 Å². The molecule has 1 unspecified atom stereocenters. The zero-order valence-electron chi connectivity index (χ0n) is 10.5. The highest BCUT2D eigenvalue weighted by Gasteiger charge is 2.24. The van der Waals surface area contributed by atoms with Crippen molar-refractivity contribution in [1.82, 2.24) is 5.32 Å². The second kappa shape index (κ2) is 6.89. The van der Waals surface area contributed by atoms with E-state index in [0.29, 0.717) is 0 Å². The van der Waals surface area contributed by atoms with Crippen LogP contribution in [-0.4, -0.2) is 23.7 Å². The first-order chi connectivity index (χ1) is 7.63. The number of carbonyl (C=O) groups is 1. The van der Waals surface area contributed by atoms with Crippen molar-refractivity contribution in [3.63, 3.8) is 0 Å². The highest BCUT2D eigenvalue weighted by atomic mass is 16.2. The van der Waals surface area contributed by atoms with Gasteiger partial charge in [-0.3, -0.25) is 4.79 Å². The maximum atomic E-state index is 11.9. The Morgan fingerprint density at radius 2 is 2.00 bits per heavy atom. The van der Waals surface area contributed by atoms with Crippen molar-refractivity contribution < 1.29 is 9.90 Å². The van der Waals surface area contributed by atoms with Crippen molar-refractivity contribution in [3.8, 4) is 0 Å². The second-order valence-corrected chi connectivity index (χ2v) is 5.23. The van der Waals surface area contributed by atoms with Gasteiger partial charge in [-0.15, -0.1) is 0 Å². The summed E-state index contributed by atoms with van der Waals surface area (Å²) in [5, 5.41) is 11.8. The molecule has 0 aliphatic heterocycles. The lowest BCUT2D eigenvalue weighted by Gasteiger charge is -2.26. The molecule has 94 valence electrons. The number of carbonyl (C=O) groups excluding carboxylic acids is 1. The lowest BCUT2D eigenvalue weighted by atomic mass is 9.82. The molecular formula is C13H25NO2. The molecule has 3 heteroatoms. The van der Waals surface area contributed by atoms with Crippen LogP contribution < -0.4 is 5.32 Å². The topological polar surface area (TPSA) is 49.3 Å². The Bertz CT molecular complexity index is 210. The minimum atomic E-state index is 0.194. The predicted molar refractivity (Wildman–Crippen MR) is 65.0 cm³/mol. The van der Waals surface area contributed by atoms with Crippen LogP contribution in [-0.2, 0) is 4.79 Å². The van der Waals surface area contributed by atoms with E-state index < -0.39 is 0 Å². The average Bonchev–Trinajstić information content (AvgIpc) is 2.27. The first-order valence-electron chi connectivity index (χ1n) is 6.54. The quantitative estimate of drug-likeness (QED) is 0.755. The minimum absolute atomic E-state index is 0.194. The molecule has 0 heterocycles. The molecule has 1 fully saturated rings. The maximum absolute atomic E-state index is 11.9. The van der Waals surface area contributed by atoms with Gasteiger partial charge in [0.2, 0.25) is 5.91 Å². The van der Waals surface area contributed by atoms with Crippen molar-refractivity contribution in [2.75, 3.05) is 6.61 Å². The number of amides is 1. The average molecular weight is 227 g/mol. The summed E-state index contributed by atoms with van der Waals surface area (Å²) in [5.41, 5.74) is 0. The fourth-order valence-electron chi connectivity index (χ4n) is 2.35. The van der Waals surface area contributed by atoms with Crippen molar-refractivity contribution in [2.24, 2.45) is 11.8 Å². The number of hydrogen-bond donors (Lipinski definition) is 2. The van der Waals surface area contributed by atoms with Gasteiger partial charge in [0.1, 0.15) is 0 Å². The molecule has 0 aromatic rings. The summed E-state index contributed by atoms with van der Waals surface area (Å²) in [6.45, 7) is 4.48. The third-order valence-corrected chi connectivity index (χ3v) is 3.57. The van der Waals surface area contributed by atoms with E-state index in [1.54, 1.807) is 0 Å². The highest BCUT2D eigenvalue weighted by Crippen LogP contribution is 2.28. The Morgan fingerprint density at radius 1 is 1.38 bits per heavy atom. The molecule has 0 aromatic carbocycles. The fourth-order valence-corrected chi connectivity index (χ4v) is 2.35. The van der Waals surface area contributed by atoms with Gasteiger partial charge < -0.3 is 10.4 Å². The summed E-state index contributed by atoms with van der Waals surface area (Å²) >= 11 is 0. The number of aliphatic hydroxyl groups excluding tert-OH is 1. The second-order valence-electron chi connectivity index (χ2n) is 5.23. The van der Waals surface area contributed by atoms with Crippen LogP contribution in [0.1, 0.15) is 52.4 Å². The summed E-state index contributed by atoms with van der Waals surface area (Å²) in [6, 6.07) is 0.194. The van der Waals surface area contributed by atoms with E-state index in [4.69, 9.17) is 5.11 Å². The summed E-state index contributed by atoms with van der Waals surface area (Å²) in [6.07, 6.45) is 6.08. The minimum Gasteiger partial charge on any atom is -0.396 e. The van der Waals surface area contributed by atoms with Crippen molar-refractivity contribution in [2.45, 2.75) is 58.4 Å². The lowest BCUT2D eigenvalue weighted by Crippen LogP contribution is -2.38. The predicted octanol–water partition coefficient (Wildman–Crippen LogP) is 2.09. The molecule has 1 atom stereocenters. The third kappa shape index (κ3) is 4.52. The molecule has 0 saturated heterocycles. The molecule has 0 spiro atoms. The van der Waals surface area contributed by atoms with Gasteiger partial charge in [-0.2, -0.15) is 0 Å². The number of aliphatic hydroxyl groups is 1. The first kappa shape index (κ1) is 13.5. The smallest absolute Gasteiger partial charge is 0.223 e. The number of hydrogen-bond acceptors (Lipinski definition) is 2. The van der Waals surface area contributed by atoms with Crippen LogP contribution in [0, 0.1) is 11.8 Å². The van der Waals surface area contributed by atoms with Crippen molar-refractivity contribution >= 4 is 5.91 Å². The van der Waals surface area contributed by atoms with Crippen LogP contribution in [0.25, 0.3) is 0 Å². The van der Waals surface area contributed by atoms with Crippen LogP contribution in [0.15, 0.2) is 0 Å². The molecule has 2 N–H and O–H groups in total. The van der Waals surface area contributed by atoms with Crippen LogP contribution in [0.3, 0.4) is 0 Å². The fraction of sp³-hybridized carbons (Fsp3) is 0.923. The van der Waals surface area contributed by atoms with Gasteiger partial charge in [0, 0.05) is 18.6 Å². The van der Waals surface area contributed by atoms with Gasteiger partial charge in [-0.1, -0.05) is 6.92 Å². The zero-order valence-corrected chi connectivity index (χ0v) is 10.5. The van der Waals surface area contributed by atoms with Gasteiger partial charge in [-0.25, -0.2) is 0 Å². The van der Waals surface area contributed by atoms with Gasteiger partial charge in [0.05, 0.1) is 0 Å². The van der Waals surface area contributed by atoms with Crippen molar-refractivity contribution in [1.29, 1.82) is 0 Å². The Kier molecular flexibility index (Phi) is 5.81. The highest BCUT2D eigenvalue weighted by molar-refractivity contribution is 5.78. The molecule has 0 aromatic heterocycles. The lowest BCUT2D eigenvalue weighted by molar-refractivity contribution is -0.126. The molecule has 1 rings (SSSR count). The molecular weight excluding hydrogens is 202 g/mol. The summed E-state index contributed by atoms with van der Waals surface area (Å²) in [7, 11) is 0. The van der Waals surface area contributed by atoms with E-state index in [-0.39, 0.29) is 24.5 Å². The molecule has 1 aliphatic carbocycles. The van der Waals surface area contributed by atoms with Crippen LogP contribution in [0.5, 0.6) is 0 Å². The number of rotatable bonds is 5. The molecule has 16 heavy (non-hydrogen) atoms. The van der Waals surface area contributed by atoms with E-state index in [0.717, 1.165) is 31.6 Å². The molecule has 1 saturated carbocycles. The van der Waals surface area contributed by atoms with E-state index in [1.807, 2.05) is 6.92 Å². The SMILES string of the molecule is CC1CCC(C(=O)NC(C)CCCO)CC1. The largest absolute Gasteiger partial charge is 0.396 e. The Labute approximate surface area is 98.6 Å². The summed E-state index contributed by atoms with van der Waals surface area (Å²) in [5.74, 6) is 1.24.